The Bertz CT molecular complexity index is 1420. The standard InChI is InChI=1S/C30H36F2N6O7/c1-37(30(43)44)20(16-39)14-34-25(17-8-11-45-12-9-17)29(42)38-15-18-5-6-19(35-24(40)7-10-33)13-21(18)27(38)28(41)36-26-22(31)3-2-4-23(26)32/h2-6,13,16-17,20,25,27,34H,7-12,14-15,33H2,1H3,(H,35,40)(H,36,41)(H,43,44)/t20-,25-,27-/m0/s1. The Labute approximate surface area is 258 Å². The number of aldehydes is 1. The van der Waals surface area contributed by atoms with Gasteiger partial charge in [-0.2, -0.15) is 0 Å². The summed E-state index contributed by atoms with van der Waals surface area (Å²) < 4.78 is 34.5. The van der Waals surface area contributed by atoms with Gasteiger partial charge >= 0.3 is 6.09 Å². The van der Waals surface area contributed by atoms with E-state index >= 15 is 0 Å². The third-order valence-corrected chi connectivity index (χ3v) is 8.00. The number of amides is 4. The van der Waals surface area contributed by atoms with Crippen molar-refractivity contribution < 1.29 is 42.6 Å². The van der Waals surface area contributed by atoms with Crippen molar-refractivity contribution in [2.24, 2.45) is 11.7 Å². The van der Waals surface area contributed by atoms with Gasteiger partial charge in [-0.25, -0.2) is 13.6 Å². The number of carbonyl (C=O) groups is 5. The fourth-order valence-corrected chi connectivity index (χ4v) is 5.51. The van der Waals surface area contributed by atoms with E-state index in [2.05, 4.69) is 16.0 Å². The first-order valence-corrected chi connectivity index (χ1v) is 14.5. The third-order valence-electron chi connectivity index (χ3n) is 8.00. The molecule has 13 nitrogen and oxygen atoms in total. The number of nitrogens with one attached hydrogen (secondary N) is 3. The topological polar surface area (TPSA) is 183 Å². The number of para-hydroxylation sites is 1. The number of halogens is 2. The number of benzene rings is 2. The van der Waals surface area contributed by atoms with Gasteiger partial charge in [-0.05, 0) is 54.2 Å². The van der Waals surface area contributed by atoms with Crippen LogP contribution >= 0.6 is 0 Å². The van der Waals surface area contributed by atoms with E-state index in [1.165, 1.54) is 18.0 Å². The summed E-state index contributed by atoms with van der Waals surface area (Å²) in [6, 6.07) is 4.48. The molecule has 0 radical (unpaired) electrons. The molecule has 2 aromatic rings. The fourth-order valence-electron chi connectivity index (χ4n) is 5.51. The molecule has 45 heavy (non-hydrogen) atoms. The monoisotopic (exact) mass is 630 g/mol. The van der Waals surface area contributed by atoms with E-state index in [9.17, 15) is 37.9 Å². The molecule has 3 atom stereocenters. The van der Waals surface area contributed by atoms with Crippen molar-refractivity contribution in [3.8, 4) is 0 Å². The third kappa shape index (κ3) is 7.79. The van der Waals surface area contributed by atoms with Crippen LogP contribution in [0.1, 0.15) is 36.4 Å². The van der Waals surface area contributed by atoms with Gasteiger partial charge in [0.15, 0.2) is 0 Å². The van der Waals surface area contributed by atoms with Gasteiger partial charge in [0.2, 0.25) is 11.8 Å². The van der Waals surface area contributed by atoms with Gasteiger partial charge in [0, 0.05) is 52.0 Å². The summed E-state index contributed by atoms with van der Waals surface area (Å²) in [6.07, 6.45) is 0.121. The Kier molecular flexibility index (Phi) is 11.1. The Morgan fingerprint density at radius 3 is 2.44 bits per heavy atom. The average molecular weight is 631 g/mol. The minimum atomic E-state index is -1.36. The maximum atomic E-state index is 14.5. The highest BCUT2D eigenvalue weighted by molar-refractivity contribution is 6.00. The number of rotatable bonds is 12. The van der Waals surface area contributed by atoms with Crippen LogP contribution in [0.25, 0.3) is 0 Å². The molecule has 2 aliphatic rings. The first-order chi connectivity index (χ1) is 21.5. The van der Waals surface area contributed by atoms with Crippen molar-refractivity contribution in [1.82, 2.24) is 15.1 Å². The molecule has 2 aliphatic heterocycles. The van der Waals surface area contributed by atoms with Crippen LogP contribution in [0.4, 0.5) is 25.0 Å². The zero-order chi connectivity index (χ0) is 32.7. The van der Waals surface area contributed by atoms with Gasteiger partial charge in [-0.1, -0.05) is 12.1 Å². The predicted octanol–water partition coefficient (Wildman–Crippen LogP) is 1.84. The van der Waals surface area contributed by atoms with Gasteiger partial charge in [-0.15, -0.1) is 0 Å². The molecule has 4 amide bonds. The predicted molar refractivity (Wildman–Crippen MR) is 158 cm³/mol. The van der Waals surface area contributed by atoms with Crippen LogP contribution < -0.4 is 21.7 Å². The lowest BCUT2D eigenvalue weighted by atomic mass is 9.90. The minimum Gasteiger partial charge on any atom is -0.465 e. The van der Waals surface area contributed by atoms with Crippen molar-refractivity contribution in [2.75, 3.05) is 44.0 Å². The highest BCUT2D eigenvalue weighted by Crippen LogP contribution is 2.38. The number of hydrogen-bond acceptors (Lipinski definition) is 8. The molecule has 0 aromatic heterocycles. The Morgan fingerprint density at radius 2 is 1.82 bits per heavy atom. The van der Waals surface area contributed by atoms with Crippen molar-refractivity contribution >= 4 is 41.5 Å². The number of carboxylic acid groups (broad SMARTS) is 1. The maximum Gasteiger partial charge on any atom is 0.407 e. The molecule has 0 spiro atoms. The normalized spacial score (nSPS) is 17.6. The molecule has 0 aliphatic carbocycles. The van der Waals surface area contributed by atoms with Crippen LogP contribution in [0.5, 0.6) is 0 Å². The molecule has 242 valence electrons. The van der Waals surface area contributed by atoms with Crippen LogP contribution in [0.2, 0.25) is 0 Å². The number of nitrogens with zero attached hydrogens (tertiary/aromatic N) is 2. The Morgan fingerprint density at radius 1 is 1.13 bits per heavy atom. The first kappa shape index (κ1) is 33.4. The summed E-state index contributed by atoms with van der Waals surface area (Å²) in [4.78, 5) is 65.7. The summed E-state index contributed by atoms with van der Waals surface area (Å²) in [7, 11) is 1.23. The molecule has 1 saturated heterocycles. The second-order valence-electron chi connectivity index (χ2n) is 10.9. The number of hydrogen-bond donors (Lipinski definition) is 5. The summed E-state index contributed by atoms with van der Waals surface area (Å²) >= 11 is 0. The van der Waals surface area contributed by atoms with E-state index in [1.54, 1.807) is 12.1 Å². The lowest BCUT2D eigenvalue weighted by Crippen LogP contribution is -2.55. The SMILES string of the molecule is CN(C(=O)O)[C@H](C=O)CN[C@H](C(=O)N1Cc2ccc(NC(=O)CCN)cc2[C@H]1C(=O)Nc1c(F)cccc1F)C1CCOCC1. The molecule has 0 bridgehead atoms. The van der Waals surface area contributed by atoms with Crippen LogP contribution in [0.15, 0.2) is 36.4 Å². The Balaban J connectivity index is 1.70. The average Bonchev–Trinajstić information content (AvgIpc) is 3.40. The second kappa shape index (κ2) is 15.0. The van der Waals surface area contributed by atoms with E-state index in [1.807, 2.05) is 0 Å². The second-order valence-corrected chi connectivity index (χ2v) is 10.9. The maximum absolute atomic E-state index is 14.5. The number of carbonyl (C=O) groups excluding carboxylic acids is 4. The number of likely N-dealkylation sites (N-methyl/N-ethyl adjacent to an activating group) is 1. The van der Waals surface area contributed by atoms with Crippen molar-refractivity contribution in [3.05, 3.63) is 59.2 Å². The molecular formula is C30H36F2N6O7. The van der Waals surface area contributed by atoms with Gasteiger partial charge in [-0.3, -0.25) is 14.4 Å². The van der Waals surface area contributed by atoms with E-state index < -0.39 is 53.4 Å². The van der Waals surface area contributed by atoms with Crippen LogP contribution in [0, 0.1) is 17.6 Å². The zero-order valence-electron chi connectivity index (χ0n) is 24.6. The van der Waals surface area contributed by atoms with Crippen LogP contribution in [0.3, 0.4) is 0 Å². The summed E-state index contributed by atoms with van der Waals surface area (Å²) in [5, 5.41) is 17.4. The van der Waals surface area contributed by atoms with Crippen LogP contribution in [-0.2, 0) is 30.5 Å². The molecule has 1 fully saturated rings. The summed E-state index contributed by atoms with van der Waals surface area (Å²) in [5.41, 5.74) is 6.03. The quantitative estimate of drug-likeness (QED) is 0.219. The van der Waals surface area contributed by atoms with Crippen LogP contribution in [-0.4, -0.2) is 90.4 Å². The number of ether oxygens (including phenoxy) is 1. The molecule has 4 rings (SSSR count). The molecule has 2 heterocycles. The molecular weight excluding hydrogens is 594 g/mol. The molecule has 0 saturated carbocycles. The molecule has 0 unspecified atom stereocenters. The van der Waals surface area contributed by atoms with E-state index in [-0.39, 0.29) is 37.9 Å². The largest absolute Gasteiger partial charge is 0.465 e. The van der Waals surface area contributed by atoms with Crippen molar-refractivity contribution in [3.63, 3.8) is 0 Å². The minimum absolute atomic E-state index is 0.0451. The number of fused-ring (bicyclic) bond motifs is 1. The fraction of sp³-hybridized carbons (Fsp3) is 0.433. The van der Waals surface area contributed by atoms with Gasteiger partial charge in [0.25, 0.3) is 5.91 Å². The van der Waals surface area contributed by atoms with Crippen molar-refractivity contribution in [1.29, 1.82) is 0 Å². The van der Waals surface area contributed by atoms with Crippen molar-refractivity contribution in [2.45, 2.75) is 43.9 Å². The smallest absolute Gasteiger partial charge is 0.407 e. The lowest BCUT2D eigenvalue weighted by molar-refractivity contribution is -0.142. The zero-order valence-corrected chi connectivity index (χ0v) is 24.6. The lowest BCUT2D eigenvalue weighted by Gasteiger charge is -2.35. The van der Waals surface area contributed by atoms with E-state index in [0.717, 1.165) is 23.1 Å². The molecule has 15 heteroatoms. The van der Waals surface area contributed by atoms with Gasteiger partial charge in [0.05, 0.1) is 6.04 Å². The first-order valence-electron chi connectivity index (χ1n) is 14.5. The van der Waals surface area contributed by atoms with E-state index in [0.29, 0.717) is 49.2 Å². The van der Waals surface area contributed by atoms with Gasteiger partial charge in [0.1, 0.15) is 35.7 Å². The van der Waals surface area contributed by atoms with Gasteiger partial charge < -0.3 is 46.1 Å². The highest BCUT2D eigenvalue weighted by Gasteiger charge is 2.43. The number of nitrogens with two attached hydrogens (primary N) is 1. The van der Waals surface area contributed by atoms with E-state index in [4.69, 9.17) is 10.5 Å². The molecule has 2 aromatic carbocycles. The Hall–Kier alpha value is -4.47. The number of anilines is 2. The summed E-state index contributed by atoms with van der Waals surface area (Å²) in [6.45, 7) is 0.619. The summed E-state index contributed by atoms with van der Waals surface area (Å²) in [5.74, 6) is -4.10. The highest BCUT2D eigenvalue weighted by atomic mass is 19.1. The molecule has 6 N–H and O–H groups in total.